The van der Waals surface area contributed by atoms with Crippen molar-refractivity contribution in [2.24, 2.45) is 0 Å². The van der Waals surface area contributed by atoms with E-state index in [0.29, 0.717) is 5.56 Å². The van der Waals surface area contributed by atoms with Crippen LogP contribution in [0.4, 0.5) is 0 Å². The van der Waals surface area contributed by atoms with E-state index in [0.717, 1.165) is 16.8 Å². The monoisotopic (exact) mass is 202 g/mol. The van der Waals surface area contributed by atoms with E-state index in [1.807, 2.05) is 31.2 Å². The Kier molecular flexibility index (Phi) is 2.11. The summed E-state index contributed by atoms with van der Waals surface area (Å²) in [5.41, 5.74) is 3.10. The van der Waals surface area contributed by atoms with E-state index < -0.39 is 0 Å². The van der Waals surface area contributed by atoms with E-state index in [1.54, 1.807) is 0 Å². The minimum Gasteiger partial charge on any atom is -0.234 e. The topological polar surface area (TPSA) is 36.7 Å². The highest BCUT2D eigenvalue weighted by molar-refractivity contribution is 6.31. The number of aryl methyl sites for hydroxylation is 1. The van der Waals surface area contributed by atoms with Crippen LogP contribution < -0.4 is 0 Å². The van der Waals surface area contributed by atoms with E-state index in [4.69, 9.17) is 16.9 Å². The molecule has 68 valence electrons. The number of halogens is 1. The van der Waals surface area contributed by atoms with Gasteiger partial charge in [-0.15, -0.1) is 0 Å². The third kappa shape index (κ3) is 1.23. The minimum absolute atomic E-state index is 0.289. The van der Waals surface area contributed by atoms with Crippen molar-refractivity contribution in [1.82, 2.24) is 4.98 Å². The summed E-state index contributed by atoms with van der Waals surface area (Å²) < 4.78 is 0. The summed E-state index contributed by atoms with van der Waals surface area (Å²) in [4.78, 5) is 4.17. The summed E-state index contributed by atoms with van der Waals surface area (Å²) in [6, 6.07) is 9.68. The van der Waals surface area contributed by atoms with Gasteiger partial charge in [-0.3, -0.25) is 0 Å². The second-order valence-electron chi connectivity index (χ2n) is 3.05. The molecule has 0 saturated carbocycles. The van der Waals surface area contributed by atoms with Gasteiger partial charge in [-0.05, 0) is 12.5 Å². The summed E-state index contributed by atoms with van der Waals surface area (Å²) in [5.74, 6) is 0. The lowest BCUT2D eigenvalue weighted by Crippen LogP contribution is -1.77. The average molecular weight is 203 g/mol. The zero-order valence-corrected chi connectivity index (χ0v) is 8.34. The molecule has 3 heteroatoms. The van der Waals surface area contributed by atoms with E-state index in [1.165, 1.54) is 0 Å². The molecule has 0 atom stereocenters. The maximum atomic E-state index is 8.90. The van der Waals surface area contributed by atoms with E-state index in [2.05, 4.69) is 11.1 Å². The molecule has 0 amide bonds. The molecule has 2 aliphatic rings. The normalized spacial score (nSPS) is 10.1. The lowest BCUT2D eigenvalue weighted by molar-refractivity contribution is 1.35. The Bertz CT molecular complexity index is 500. The predicted molar refractivity (Wildman–Crippen MR) is 55.3 cm³/mol. The van der Waals surface area contributed by atoms with Crippen molar-refractivity contribution in [3.63, 3.8) is 0 Å². The van der Waals surface area contributed by atoms with Gasteiger partial charge in [-0.25, -0.2) is 4.98 Å². The van der Waals surface area contributed by atoms with Crippen molar-refractivity contribution in [2.75, 3.05) is 0 Å². The van der Waals surface area contributed by atoms with Crippen LogP contribution in [0.25, 0.3) is 11.3 Å². The largest absolute Gasteiger partial charge is 0.234 e. The first-order valence-corrected chi connectivity index (χ1v) is 4.57. The van der Waals surface area contributed by atoms with Crippen LogP contribution in [0.15, 0.2) is 24.3 Å². The second kappa shape index (κ2) is 3.28. The summed E-state index contributed by atoms with van der Waals surface area (Å²) in [7, 11) is 0. The standard InChI is InChI=1S/C11H7ClN2/c1-7-4-2-3-5-8-9(6-13)11(12)14-10(7)8/h2-5H,1H3. The Balaban J connectivity index is 2.86. The molecule has 0 fully saturated rings. The van der Waals surface area contributed by atoms with E-state index >= 15 is 0 Å². The Morgan fingerprint density at radius 1 is 1.36 bits per heavy atom. The van der Waals surface area contributed by atoms with Gasteiger partial charge < -0.3 is 0 Å². The molecule has 0 aromatic rings. The fraction of sp³-hybridized carbons (Fsp3) is 0.0909. The molecular formula is C11H7ClN2. The molecule has 2 nitrogen and oxygen atoms in total. The van der Waals surface area contributed by atoms with Gasteiger partial charge in [0.25, 0.3) is 0 Å². The average Bonchev–Trinajstić information content (AvgIpc) is 2.39. The van der Waals surface area contributed by atoms with Crippen LogP contribution >= 0.6 is 11.6 Å². The van der Waals surface area contributed by atoms with Gasteiger partial charge in [-0.1, -0.05) is 35.9 Å². The predicted octanol–water partition coefficient (Wildman–Crippen LogP) is 3.02. The third-order valence-corrected chi connectivity index (χ3v) is 2.42. The van der Waals surface area contributed by atoms with Crippen LogP contribution in [-0.2, 0) is 0 Å². The molecule has 0 spiro atoms. The first kappa shape index (κ1) is 8.98. The van der Waals surface area contributed by atoms with Gasteiger partial charge in [-0.2, -0.15) is 5.26 Å². The molecule has 0 aromatic heterocycles. The van der Waals surface area contributed by atoms with Crippen molar-refractivity contribution in [1.29, 1.82) is 5.26 Å². The van der Waals surface area contributed by atoms with E-state index in [-0.39, 0.29) is 5.15 Å². The molecule has 0 saturated heterocycles. The zero-order chi connectivity index (χ0) is 10.1. The van der Waals surface area contributed by atoms with Crippen LogP contribution in [0.5, 0.6) is 0 Å². The van der Waals surface area contributed by atoms with Crippen molar-refractivity contribution in [2.45, 2.75) is 6.92 Å². The molecule has 1 aliphatic carbocycles. The number of nitrogens with zero attached hydrogens (tertiary/aromatic N) is 2. The molecule has 0 bridgehead atoms. The third-order valence-electron chi connectivity index (χ3n) is 2.15. The molecule has 0 N–H and O–H groups in total. The van der Waals surface area contributed by atoms with Crippen LogP contribution in [0.3, 0.4) is 0 Å². The summed E-state index contributed by atoms with van der Waals surface area (Å²) >= 11 is 5.85. The Hall–Kier alpha value is -1.59. The SMILES string of the molecule is Cc1ccccc2c(C#N)c(Cl)nc1-2. The van der Waals surface area contributed by atoms with Gasteiger partial charge in [0.15, 0.2) is 0 Å². The highest BCUT2D eigenvalue weighted by Gasteiger charge is 2.16. The van der Waals surface area contributed by atoms with Gasteiger partial charge in [0.1, 0.15) is 11.2 Å². The molecule has 0 radical (unpaired) electrons. The maximum absolute atomic E-state index is 8.90. The first-order chi connectivity index (χ1) is 6.74. The lowest BCUT2D eigenvalue weighted by Gasteiger charge is -1.93. The smallest absolute Gasteiger partial charge is 0.148 e. The lowest BCUT2D eigenvalue weighted by atomic mass is 10.1. The number of hydrogen-bond acceptors (Lipinski definition) is 2. The van der Waals surface area contributed by atoms with Gasteiger partial charge >= 0.3 is 0 Å². The van der Waals surface area contributed by atoms with Gasteiger partial charge in [0.05, 0.1) is 11.3 Å². The quantitative estimate of drug-likeness (QED) is 0.659. The molecule has 0 unspecified atom stereocenters. The maximum Gasteiger partial charge on any atom is 0.148 e. The van der Waals surface area contributed by atoms with Crippen LogP contribution in [0.1, 0.15) is 11.1 Å². The molecular weight excluding hydrogens is 196 g/mol. The number of aromatic nitrogens is 1. The summed E-state index contributed by atoms with van der Waals surface area (Å²) in [5, 5.41) is 9.19. The van der Waals surface area contributed by atoms with E-state index in [9.17, 15) is 0 Å². The van der Waals surface area contributed by atoms with Crippen LogP contribution in [0, 0.1) is 18.3 Å². The molecule has 2 rings (SSSR count). The number of nitriles is 1. The Labute approximate surface area is 87.1 Å². The second-order valence-corrected chi connectivity index (χ2v) is 3.41. The highest BCUT2D eigenvalue weighted by Crippen LogP contribution is 2.31. The Morgan fingerprint density at radius 3 is 2.79 bits per heavy atom. The highest BCUT2D eigenvalue weighted by atomic mass is 35.5. The van der Waals surface area contributed by atoms with Gasteiger partial charge in [0, 0.05) is 5.56 Å². The number of rotatable bonds is 0. The van der Waals surface area contributed by atoms with Gasteiger partial charge in [0.2, 0.25) is 0 Å². The fourth-order valence-electron chi connectivity index (χ4n) is 1.44. The summed E-state index contributed by atoms with van der Waals surface area (Å²) in [6.07, 6.45) is 0. The molecule has 14 heavy (non-hydrogen) atoms. The summed E-state index contributed by atoms with van der Waals surface area (Å²) in [6.45, 7) is 1.95. The van der Waals surface area contributed by atoms with Crippen LogP contribution in [-0.4, -0.2) is 4.98 Å². The fourth-order valence-corrected chi connectivity index (χ4v) is 1.67. The number of fused-ring (bicyclic) bond motifs is 1. The zero-order valence-electron chi connectivity index (χ0n) is 7.58. The molecule has 1 heterocycles. The van der Waals surface area contributed by atoms with Crippen molar-refractivity contribution >= 4 is 11.6 Å². The van der Waals surface area contributed by atoms with Crippen molar-refractivity contribution in [3.8, 4) is 17.3 Å². The van der Waals surface area contributed by atoms with Crippen LogP contribution in [0.2, 0.25) is 5.15 Å². The molecule has 1 aliphatic heterocycles. The van der Waals surface area contributed by atoms with Crippen molar-refractivity contribution in [3.05, 3.63) is 40.5 Å². The first-order valence-electron chi connectivity index (χ1n) is 4.19. The Morgan fingerprint density at radius 2 is 2.07 bits per heavy atom. The number of hydrogen-bond donors (Lipinski definition) is 0. The minimum atomic E-state index is 0.289. The molecule has 0 aromatic carbocycles. The van der Waals surface area contributed by atoms with Crippen molar-refractivity contribution < 1.29 is 0 Å².